The lowest BCUT2D eigenvalue weighted by Gasteiger charge is -2.14. The number of hydrogen-bond acceptors (Lipinski definition) is 9. The van der Waals surface area contributed by atoms with Crippen molar-refractivity contribution in [2.24, 2.45) is 11.5 Å². The molecule has 4 atom stereocenters. The number of nitrogens with one attached hydrogen (secondary N) is 2. The van der Waals surface area contributed by atoms with Gasteiger partial charge in [0.25, 0.3) is 0 Å². The summed E-state index contributed by atoms with van der Waals surface area (Å²) in [5.74, 6) is -6.83. The number of nitrogens with two attached hydrogens (primary N) is 2. The Hall–Kier alpha value is -3.30. The van der Waals surface area contributed by atoms with E-state index in [1.54, 1.807) is 0 Å². The van der Waals surface area contributed by atoms with Crippen LogP contribution in [0.3, 0.4) is 0 Å². The van der Waals surface area contributed by atoms with Crippen LogP contribution in [-0.2, 0) is 28.8 Å². The number of hydrogen-bond donors (Lipinski definition) is 9. The summed E-state index contributed by atoms with van der Waals surface area (Å²) in [6.45, 7) is 0.467. The normalized spacial score (nSPS) is 14.1. The fourth-order valence-corrected chi connectivity index (χ4v) is 1.41. The molecule has 0 radical (unpaired) electrons. The van der Waals surface area contributed by atoms with Gasteiger partial charge in [0, 0.05) is 0 Å². The third kappa shape index (κ3) is 13.5. The van der Waals surface area contributed by atoms with Crippen molar-refractivity contribution in [2.45, 2.75) is 43.9 Å². The van der Waals surface area contributed by atoms with Crippen LogP contribution in [0.5, 0.6) is 0 Å². The first-order valence-corrected chi connectivity index (χ1v) is 7.84. The summed E-state index contributed by atoms with van der Waals surface area (Å²) in [7, 11) is 0. The highest BCUT2D eigenvalue weighted by Gasteiger charge is 2.24. The molecule has 0 fully saturated rings. The molecule has 0 aliphatic heterocycles. The summed E-state index contributed by atoms with van der Waals surface area (Å²) in [6.07, 6.45) is -1.14. The molecule has 2 amide bonds. The van der Waals surface area contributed by atoms with E-state index in [2.05, 4.69) is 5.32 Å². The highest BCUT2D eigenvalue weighted by atomic mass is 16.4. The second-order valence-corrected chi connectivity index (χ2v) is 5.56. The predicted molar refractivity (Wildman–Crippen MR) is 92.3 cm³/mol. The molecule has 0 saturated carbocycles. The Morgan fingerprint density at radius 1 is 0.759 bits per heavy atom. The van der Waals surface area contributed by atoms with E-state index in [1.165, 1.54) is 6.92 Å². The topological polar surface area (TPSA) is 280 Å². The van der Waals surface area contributed by atoms with Gasteiger partial charge in [0.1, 0.15) is 12.1 Å². The summed E-state index contributed by atoms with van der Waals surface area (Å²) < 4.78 is 0. The van der Waals surface area contributed by atoms with Gasteiger partial charge in [-0.1, -0.05) is 0 Å². The summed E-state index contributed by atoms with van der Waals surface area (Å²) in [5.41, 5.74) is 10.3. The molecular weight excluding hydrogens is 400 g/mol. The van der Waals surface area contributed by atoms with E-state index in [0.717, 1.165) is 0 Å². The standard InChI is InChI=1S/C7H12N2O6.C7H12N2O5/c8-3(1-5(11)12)6(13)9-4(2-10)7(14)15;1-3(7(13)14)9-6(12)4(8)2-5(10)11/h3-4,10H,1-2,8H2,(H,9,13)(H,11,12)(H,14,15);3-4H,2,8H2,1H3,(H,9,12)(H,10,11)(H,13,14)/t2*3-,4+/m01/s1. The molecule has 0 saturated heterocycles. The van der Waals surface area contributed by atoms with Gasteiger partial charge in [0.05, 0.1) is 31.5 Å². The molecule has 166 valence electrons. The fraction of sp³-hybridized carbons (Fsp3) is 0.571. The molecule has 0 spiro atoms. The molecule has 15 heteroatoms. The van der Waals surface area contributed by atoms with Crippen molar-refractivity contribution in [3.05, 3.63) is 0 Å². The minimum atomic E-state index is -1.47. The van der Waals surface area contributed by atoms with E-state index < -0.39 is 79.3 Å². The van der Waals surface area contributed by atoms with Gasteiger partial charge in [0.15, 0.2) is 0 Å². The molecule has 0 unspecified atom stereocenters. The van der Waals surface area contributed by atoms with Gasteiger partial charge in [-0.05, 0) is 6.92 Å². The maximum absolute atomic E-state index is 11.1. The summed E-state index contributed by atoms with van der Waals surface area (Å²) in [5, 5.41) is 46.0. The van der Waals surface area contributed by atoms with E-state index in [1.807, 2.05) is 5.32 Å². The highest BCUT2D eigenvalue weighted by molar-refractivity contribution is 5.90. The number of carboxylic acids is 4. The van der Waals surface area contributed by atoms with Crippen molar-refractivity contribution >= 4 is 35.7 Å². The van der Waals surface area contributed by atoms with Gasteiger partial charge in [-0.3, -0.25) is 24.0 Å². The SMILES string of the molecule is C[C@@H](NC(=O)[C@@H](N)CC(=O)O)C(=O)O.N[C@@H](CC(=O)O)C(=O)N[C@H](CO)C(=O)O. The van der Waals surface area contributed by atoms with E-state index in [9.17, 15) is 28.8 Å². The number of aliphatic hydroxyl groups is 1. The number of aliphatic hydroxyl groups excluding tert-OH is 1. The molecule has 0 aromatic heterocycles. The lowest BCUT2D eigenvalue weighted by atomic mass is 10.2. The number of carbonyl (C=O) groups excluding carboxylic acids is 2. The van der Waals surface area contributed by atoms with Crippen molar-refractivity contribution in [2.75, 3.05) is 6.61 Å². The molecule has 11 N–H and O–H groups in total. The van der Waals surface area contributed by atoms with Crippen LogP contribution in [-0.4, -0.2) is 92.0 Å². The Bertz CT molecular complexity index is 625. The lowest BCUT2D eigenvalue weighted by Crippen LogP contribution is -2.50. The summed E-state index contributed by atoms with van der Waals surface area (Å²) in [6, 6.07) is -5.12. The van der Waals surface area contributed by atoms with E-state index in [4.69, 9.17) is 37.0 Å². The molecular formula is C14H24N4O11. The van der Waals surface area contributed by atoms with Crippen LogP contribution < -0.4 is 22.1 Å². The molecule has 29 heavy (non-hydrogen) atoms. The smallest absolute Gasteiger partial charge is 0.328 e. The van der Waals surface area contributed by atoms with Crippen LogP contribution in [0.4, 0.5) is 0 Å². The van der Waals surface area contributed by atoms with Gasteiger partial charge in [-0.2, -0.15) is 0 Å². The van der Waals surface area contributed by atoms with Gasteiger partial charge < -0.3 is 47.6 Å². The third-order valence-electron chi connectivity index (χ3n) is 2.99. The van der Waals surface area contributed by atoms with E-state index >= 15 is 0 Å². The van der Waals surface area contributed by atoms with E-state index in [0.29, 0.717) is 0 Å². The van der Waals surface area contributed by atoms with E-state index in [-0.39, 0.29) is 0 Å². The number of carboxylic acid groups (broad SMARTS) is 4. The van der Waals surface area contributed by atoms with Gasteiger partial charge in [0.2, 0.25) is 11.8 Å². The zero-order valence-electron chi connectivity index (χ0n) is 15.3. The largest absolute Gasteiger partial charge is 0.481 e. The number of amides is 2. The first-order chi connectivity index (χ1) is 13.2. The molecule has 0 aromatic carbocycles. The minimum Gasteiger partial charge on any atom is -0.481 e. The Balaban J connectivity index is 0. The average molecular weight is 424 g/mol. The first-order valence-electron chi connectivity index (χ1n) is 7.84. The monoisotopic (exact) mass is 424 g/mol. The summed E-state index contributed by atoms with van der Waals surface area (Å²) >= 11 is 0. The third-order valence-corrected chi connectivity index (χ3v) is 2.99. The Morgan fingerprint density at radius 3 is 1.41 bits per heavy atom. The lowest BCUT2D eigenvalue weighted by molar-refractivity contribution is -0.144. The second kappa shape index (κ2) is 13.8. The molecule has 0 aliphatic carbocycles. The Morgan fingerprint density at radius 2 is 1.14 bits per heavy atom. The van der Waals surface area contributed by atoms with Gasteiger partial charge in [-0.15, -0.1) is 0 Å². The fourth-order valence-electron chi connectivity index (χ4n) is 1.41. The van der Waals surface area contributed by atoms with Crippen LogP contribution in [0, 0.1) is 0 Å². The molecule has 0 rings (SSSR count). The average Bonchev–Trinajstić information content (AvgIpc) is 2.58. The Labute approximate surface area is 163 Å². The van der Waals surface area contributed by atoms with Crippen LogP contribution in [0.2, 0.25) is 0 Å². The maximum Gasteiger partial charge on any atom is 0.328 e. The predicted octanol–water partition coefficient (Wildman–Crippen LogP) is -4.27. The number of carbonyl (C=O) groups is 6. The molecule has 0 aliphatic rings. The highest BCUT2D eigenvalue weighted by Crippen LogP contribution is 1.91. The minimum absolute atomic E-state index is 0.530. The molecule has 0 aromatic rings. The maximum atomic E-state index is 11.1. The van der Waals surface area contributed by atoms with Crippen molar-refractivity contribution in [1.82, 2.24) is 10.6 Å². The molecule has 15 nitrogen and oxygen atoms in total. The number of rotatable bonds is 11. The zero-order valence-corrected chi connectivity index (χ0v) is 15.3. The second-order valence-electron chi connectivity index (χ2n) is 5.56. The Kier molecular flexibility index (Phi) is 13.3. The van der Waals surface area contributed by atoms with Gasteiger partial charge in [-0.25, -0.2) is 4.79 Å². The molecule has 0 bridgehead atoms. The van der Waals surface area contributed by atoms with Crippen molar-refractivity contribution < 1.29 is 54.3 Å². The number of aliphatic carboxylic acids is 4. The van der Waals surface area contributed by atoms with Crippen molar-refractivity contribution in [3.63, 3.8) is 0 Å². The summed E-state index contributed by atoms with van der Waals surface area (Å²) in [4.78, 5) is 63.1. The quantitative estimate of drug-likeness (QED) is 0.152. The van der Waals surface area contributed by atoms with Crippen LogP contribution in [0.15, 0.2) is 0 Å². The van der Waals surface area contributed by atoms with Crippen LogP contribution in [0.25, 0.3) is 0 Å². The first kappa shape index (κ1) is 27.9. The van der Waals surface area contributed by atoms with Crippen molar-refractivity contribution in [1.29, 1.82) is 0 Å². The van der Waals surface area contributed by atoms with Crippen molar-refractivity contribution in [3.8, 4) is 0 Å². The van der Waals surface area contributed by atoms with Crippen LogP contribution in [0.1, 0.15) is 19.8 Å². The zero-order chi connectivity index (χ0) is 23.3. The van der Waals surface area contributed by atoms with Crippen LogP contribution >= 0.6 is 0 Å². The molecule has 0 heterocycles. The van der Waals surface area contributed by atoms with Gasteiger partial charge >= 0.3 is 23.9 Å².